The van der Waals surface area contributed by atoms with Gasteiger partial charge in [0.05, 0.1) is 11.0 Å². The second kappa shape index (κ2) is 8.09. The number of hydrogen-bond donors (Lipinski definition) is 0. The lowest BCUT2D eigenvalue weighted by Gasteiger charge is -2.12. The molecule has 0 radical (unpaired) electrons. The minimum Gasteiger partial charge on any atom is -0.309 e. The first-order valence-corrected chi connectivity index (χ1v) is 14.7. The molecule has 1 nitrogen and oxygen atoms in total. The highest BCUT2D eigenvalue weighted by atomic mass is 15.0. The van der Waals surface area contributed by atoms with E-state index in [9.17, 15) is 0 Å². The molecule has 2 aliphatic rings. The highest BCUT2D eigenvalue weighted by molar-refractivity contribution is 6.22. The summed E-state index contributed by atoms with van der Waals surface area (Å²) in [5.41, 5.74) is 14.7. The molecule has 10 rings (SSSR count). The molecule has 7 aromatic carbocycles. The van der Waals surface area contributed by atoms with Gasteiger partial charge in [0.25, 0.3) is 0 Å². The SMILES string of the molecule is c1cc2c3c(cccc3c1)C1=C2Cc2ccc(-c3ccc(-n4c5ccccc5c5c6ccccc6ccc54)cc3)cc21. The van der Waals surface area contributed by atoms with Gasteiger partial charge in [-0.05, 0) is 103 Å². The first-order chi connectivity index (χ1) is 20.8. The zero-order chi connectivity index (χ0) is 27.4. The molecule has 0 spiro atoms. The molecule has 0 saturated carbocycles. The second-order valence-corrected chi connectivity index (χ2v) is 11.7. The summed E-state index contributed by atoms with van der Waals surface area (Å²) in [5, 5.41) is 7.96. The topological polar surface area (TPSA) is 4.93 Å². The molecule has 1 heterocycles. The van der Waals surface area contributed by atoms with Crippen molar-refractivity contribution in [1.29, 1.82) is 0 Å². The molecule has 1 aromatic heterocycles. The molecular weight excluding hydrogens is 506 g/mol. The number of para-hydroxylation sites is 1. The number of fused-ring (bicyclic) bond motifs is 9. The van der Waals surface area contributed by atoms with Gasteiger partial charge in [0.15, 0.2) is 0 Å². The monoisotopic (exact) mass is 531 g/mol. The van der Waals surface area contributed by atoms with E-state index in [2.05, 4.69) is 144 Å². The van der Waals surface area contributed by atoms with Crippen molar-refractivity contribution in [2.24, 2.45) is 0 Å². The van der Waals surface area contributed by atoms with Gasteiger partial charge in [-0.3, -0.25) is 0 Å². The fourth-order valence-electron chi connectivity index (χ4n) is 7.74. The van der Waals surface area contributed by atoms with Gasteiger partial charge in [0, 0.05) is 16.5 Å². The Morgan fingerprint density at radius 2 is 1.19 bits per heavy atom. The van der Waals surface area contributed by atoms with Crippen LogP contribution in [0.4, 0.5) is 0 Å². The Hall–Kier alpha value is -5.40. The van der Waals surface area contributed by atoms with E-state index in [-0.39, 0.29) is 0 Å². The van der Waals surface area contributed by atoms with Crippen molar-refractivity contribution in [3.63, 3.8) is 0 Å². The average Bonchev–Trinajstić information content (AvgIpc) is 3.70. The zero-order valence-electron chi connectivity index (χ0n) is 22.9. The third-order valence-electron chi connectivity index (χ3n) is 9.57. The quantitative estimate of drug-likeness (QED) is 0.209. The predicted octanol–water partition coefficient (Wildman–Crippen LogP) is 10.6. The molecule has 0 bridgehead atoms. The molecule has 0 fully saturated rings. The summed E-state index contributed by atoms with van der Waals surface area (Å²) in [7, 11) is 0. The Morgan fingerprint density at radius 1 is 0.452 bits per heavy atom. The highest BCUT2D eigenvalue weighted by Crippen LogP contribution is 2.51. The van der Waals surface area contributed by atoms with Crippen LogP contribution in [0.3, 0.4) is 0 Å². The average molecular weight is 532 g/mol. The molecule has 2 aliphatic carbocycles. The van der Waals surface area contributed by atoms with E-state index in [0.29, 0.717) is 0 Å². The van der Waals surface area contributed by atoms with Crippen molar-refractivity contribution >= 4 is 54.5 Å². The molecule has 194 valence electrons. The van der Waals surface area contributed by atoms with Crippen molar-refractivity contribution in [3.8, 4) is 16.8 Å². The van der Waals surface area contributed by atoms with Gasteiger partial charge < -0.3 is 4.57 Å². The molecule has 0 atom stereocenters. The van der Waals surface area contributed by atoms with Gasteiger partial charge >= 0.3 is 0 Å². The Kier molecular flexibility index (Phi) is 4.29. The third-order valence-corrected chi connectivity index (χ3v) is 9.57. The van der Waals surface area contributed by atoms with Gasteiger partial charge in [0.1, 0.15) is 0 Å². The van der Waals surface area contributed by atoms with Gasteiger partial charge in [0.2, 0.25) is 0 Å². The van der Waals surface area contributed by atoms with Gasteiger partial charge in [-0.15, -0.1) is 0 Å². The summed E-state index contributed by atoms with van der Waals surface area (Å²) < 4.78 is 2.41. The van der Waals surface area contributed by atoms with Crippen LogP contribution in [0.25, 0.3) is 71.3 Å². The van der Waals surface area contributed by atoms with Crippen molar-refractivity contribution in [3.05, 3.63) is 162 Å². The molecular formula is C41H25N. The summed E-state index contributed by atoms with van der Waals surface area (Å²) in [4.78, 5) is 0. The van der Waals surface area contributed by atoms with E-state index in [1.807, 2.05) is 0 Å². The highest BCUT2D eigenvalue weighted by Gasteiger charge is 2.31. The minimum absolute atomic E-state index is 1.01. The first-order valence-electron chi connectivity index (χ1n) is 14.7. The van der Waals surface area contributed by atoms with Crippen LogP contribution >= 0.6 is 0 Å². The van der Waals surface area contributed by atoms with Crippen LogP contribution in [0.15, 0.2) is 140 Å². The van der Waals surface area contributed by atoms with Gasteiger partial charge in [-0.1, -0.05) is 109 Å². The smallest absolute Gasteiger partial charge is 0.0547 e. The molecule has 8 aromatic rings. The van der Waals surface area contributed by atoms with Crippen LogP contribution in [-0.2, 0) is 6.42 Å². The fraction of sp³-hybridized carbons (Fsp3) is 0.0244. The van der Waals surface area contributed by atoms with E-state index >= 15 is 0 Å². The van der Waals surface area contributed by atoms with Crippen LogP contribution in [-0.4, -0.2) is 4.57 Å². The summed E-state index contributed by atoms with van der Waals surface area (Å²) >= 11 is 0. The lowest BCUT2D eigenvalue weighted by molar-refractivity contribution is 1.18. The number of hydrogen-bond acceptors (Lipinski definition) is 0. The maximum atomic E-state index is 2.42. The Balaban J connectivity index is 1.10. The van der Waals surface area contributed by atoms with Crippen molar-refractivity contribution in [2.45, 2.75) is 6.42 Å². The fourth-order valence-corrected chi connectivity index (χ4v) is 7.74. The number of nitrogens with zero attached hydrogens (tertiary/aromatic N) is 1. The van der Waals surface area contributed by atoms with Crippen LogP contribution in [0.5, 0.6) is 0 Å². The largest absolute Gasteiger partial charge is 0.309 e. The molecule has 0 aliphatic heterocycles. The Bertz CT molecular complexity index is 2460. The van der Waals surface area contributed by atoms with Crippen LogP contribution in [0, 0.1) is 0 Å². The first kappa shape index (κ1) is 22.3. The maximum absolute atomic E-state index is 2.42. The molecule has 42 heavy (non-hydrogen) atoms. The van der Waals surface area contributed by atoms with Gasteiger partial charge in [-0.25, -0.2) is 0 Å². The zero-order valence-corrected chi connectivity index (χ0v) is 22.9. The number of allylic oxidation sites excluding steroid dienone is 1. The van der Waals surface area contributed by atoms with E-state index in [0.717, 1.165) is 6.42 Å². The number of rotatable bonds is 2. The standard InChI is InChI=1S/C41H25N/c1-2-10-31-26(7-1)19-22-38-41(31)33-11-3-4-14-37(33)42(38)30-20-17-25(18-21-30)28-15-16-29-24-36-32-12-5-8-27-9-6-13-34(39(27)32)40(36)35(29)23-28/h1-23H,24H2. The minimum atomic E-state index is 1.01. The normalized spacial score (nSPS) is 13.5. The van der Waals surface area contributed by atoms with Crippen LogP contribution in [0.2, 0.25) is 0 Å². The third kappa shape index (κ3) is 2.87. The number of aromatic nitrogens is 1. The van der Waals surface area contributed by atoms with Crippen LogP contribution < -0.4 is 0 Å². The van der Waals surface area contributed by atoms with Crippen molar-refractivity contribution < 1.29 is 0 Å². The molecule has 0 unspecified atom stereocenters. The summed E-state index contributed by atoms with van der Waals surface area (Å²) in [6.45, 7) is 0. The van der Waals surface area contributed by atoms with E-state index < -0.39 is 0 Å². The Morgan fingerprint density at radius 3 is 2.07 bits per heavy atom. The summed E-state index contributed by atoms with van der Waals surface area (Å²) in [6, 6.07) is 51.7. The van der Waals surface area contributed by atoms with E-state index in [4.69, 9.17) is 0 Å². The molecule has 0 saturated heterocycles. The molecule has 1 heteroatoms. The summed E-state index contributed by atoms with van der Waals surface area (Å²) in [5.74, 6) is 0. The molecule has 0 amide bonds. The predicted molar refractivity (Wildman–Crippen MR) is 177 cm³/mol. The lowest BCUT2D eigenvalue weighted by Crippen LogP contribution is -1.94. The Labute approximate surface area is 243 Å². The second-order valence-electron chi connectivity index (χ2n) is 11.7. The maximum Gasteiger partial charge on any atom is 0.0547 e. The number of benzene rings is 7. The molecule has 0 N–H and O–H groups in total. The van der Waals surface area contributed by atoms with E-state index in [1.165, 1.54) is 93.6 Å². The van der Waals surface area contributed by atoms with E-state index in [1.54, 1.807) is 0 Å². The van der Waals surface area contributed by atoms with Crippen molar-refractivity contribution in [2.75, 3.05) is 0 Å². The van der Waals surface area contributed by atoms with Crippen LogP contribution in [0.1, 0.15) is 22.3 Å². The van der Waals surface area contributed by atoms with Gasteiger partial charge in [-0.2, -0.15) is 0 Å². The summed E-state index contributed by atoms with van der Waals surface area (Å²) in [6.07, 6.45) is 1.01. The van der Waals surface area contributed by atoms with Crippen molar-refractivity contribution in [1.82, 2.24) is 4.57 Å². The lowest BCUT2D eigenvalue weighted by atomic mass is 9.93.